The van der Waals surface area contributed by atoms with Gasteiger partial charge in [-0.1, -0.05) is 6.92 Å². The molecule has 0 spiro atoms. The Morgan fingerprint density at radius 2 is 1.73 bits per heavy atom. The van der Waals surface area contributed by atoms with E-state index in [2.05, 4.69) is 5.32 Å². The van der Waals surface area contributed by atoms with E-state index in [9.17, 15) is 13.2 Å². The van der Waals surface area contributed by atoms with E-state index in [1.807, 2.05) is 6.92 Å². The number of hydrogen-bond donors (Lipinski definition) is 1. The van der Waals surface area contributed by atoms with Crippen molar-refractivity contribution in [1.82, 2.24) is 5.32 Å². The molecule has 0 radical (unpaired) electrons. The van der Waals surface area contributed by atoms with Crippen LogP contribution in [-0.4, -0.2) is 19.3 Å². The molecule has 0 aromatic rings. The quantitative estimate of drug-likeness (QED) is 0.673. The molecular formula is C6H13ClF3N. The van der Waals surface area contributed by atoms with Crippen molar-refractivity contribution >= 4 is 12.4 Å². The number of hydrogen-bond acceptors (Lipinski definition) is 1. The van der Waals surface area contributed by atoms with Crippen molar-refractivity contribution in [3.05, 3.63) is 0 Å². The van der Waals surface area contributed by atoms with E-state index in [1.54, 1.807) is 0 Å². The molecule has 0 amide bonds. The van der Waals surface area contributed by atoms with E-state index in [4.69, 9.17) is 0 Å². The number of rotatable bonds is 4. The molecule has 1 nitrogen and oxygen atoms in total. The molecular weight excluding hydrogens is 179 g/mol. The lowest BCUT2D eigenvalue weighted by Gasteiger charge is -2.05. The Balaban J connectivity index is 0. The van der Waals surface area contributed by atoms with Gasteiger partial charge in [-0.25, -0.2) is 0 Å². The molecule has 0 aliphatic carbocycles. The topological polar surface area (TPSA) is 12.0 Å². The predicted octanol–water partition coefficient (Wildman–Crippen LogP) is 2.36. The molecule has 0 aromatic heterocycles. The van der Waals surface area contributed by atoms with Crippen LogP contribution >= 0.6 is 12.4 Å². The number of nitrogens with one attached hydrogen (secondary N) is 1. The van der Waals surface area contributed by atoms with Crippen LogP contribution in [0.3, 0.4) is 0 Å². The highest BCUT2D eigenvalue weighted by molar-refractivity contribution is 5.85. The van der Waals surface area contributed by atoms with Gasteiger partial charge in [0.25, 0.3) is 0 Å². The first-order chi connectivity index (χ1) is 4.56. The van der Waals surface area contributed by atoms with Crippen LogP contribution in [0.15, 0.2) is 0 Å². The number of alkyl halides is 3. The van der Waals surface area contributed by atoms with Crippen molar-refractivity contribution in [1.29, 1.82) is 0 Å². The second kappa shape index (κ2) is 6.73. The van der Waals surface area contributed by atoms with Crippen LogP contribution in [0.5, 0.6) is 0 Å². The standard InChI is InChI=1S/C6H12F3N.ClH/c1-2-4-10-5-3-6(7,8)9;/h10H,2-5H2,1H3;1H. The highest BCUT2D eigenvalue weighted by Gasteiger charge is 2.25. The summed E-state index contributed by atoms with van der Waals surface area (Å²) >= 11 is 0. The second-order valence-corrected chi connectivity index (χ2v) is 2.12. The van der Waals surface area contributed by atoms with Gasteiger partial charge in [0.2, 0.25) is 0 Å². The van der Waals surface area contributed by atoms with Crippen LogP contribution in [-0.2, 0) is 0 Å². The minimum absolute atomic E-state index is 0. The molecule has 0 unspecified atom stereocenters. The minimum atomic E-state index is -4.01. The van der Waals surface area contributed by atoms with Crippen LogP contribution in [0.25, 0.3) is 0 Å². The molecule has 0 heterocycles. The SMILES string of the molecule is CCCNCCC(F)(F)F.Cl. The normalized spacial score (nSPS) is 10.9. The maximum atomic E-state index is 11.4. The summed E-state index contributed by atoms with van der Waals surface area (Å²) in [4.78, 5) is 0. The first-order valence-corrected chi connectivity index (χ1v) is 3.33. The highest BCUT2D eigenvalue weighted by atomic mass is 35.5. The molecule has 0 saturated carbocycles. The van der Waals surface area contributed by atoms with E-state index in [0.29, 0.717) is 6.54 Å². The van der Waals surface area contributed by atoms with Gasteiger partial charge in [-0.3, -0.25) is 0 Å². The summed E-state index contributed by atoms with van der Waals surface area (Å²) in [5.41, 5.74) is 0. The van der Waals surface area contributed by atoms with Crippen molar-refractivity contribution < 1.29 is 13.2 Å². The molecule has 0 atom stereocenters. The molecule has 0 aromatic carbocycles. The summed E-state index contributed by atoms with van der Waals surface area (Å²) in [6.45, 7) is 2.62. The predicted molar refractivity (Wildman–Crippen MR) is 41.1 cm³/mol. The molecule has 11 heavy (non-hydrogen) atoms. The third-order valence-corrected chi connectivity index (χ3v) is 1.01. The fourth-order valence-electron chi connectivity index (χ4n) is 0.532. The lowest BCUT2D eigenvalue weighted by Crippen LogP contribution is -2.22. The number of halogens is 4. The average Bonchev–Trinajstić information content (AvgIpc) is 1.78. The van der Waals surface area contributed by atoms with Gasteiger partial charge < -0.3 is 5.32 Å². The lowest BCUT2D eigenvalue weighted by molar-refractivity contribution is -0.133. The Hall–Kier alpha value is 0.0400. The first kappa shape index (κ1) is 13.6. The van der Waals surface area contributed by atoms with E-state index in [-0.39, 0.29) is 19.0 Å². The minimum Gasteiger partial charge on any atom is -0.316 e. The van der Waals surface area contributed by atoms with Crippen molar-refractivity contribution in [3.8, 4) is 0 Å². The Labute approximate surface area is 70.8 Å². The van der Waals surface area contributed by atoms with Crippen LogP contribution < -0.4 is 5.32 Å². The molecule has 0 aliphatic rings. The Kier molecular flexibility index (Phi) is 8.33. The summed E-state index contributed by atoms with van der Waals surface area (Å²) < 4.78 is 34.3. The zero-order valence-corrected chi connectivity index (χ0v) is 7.19. The molecule has 1 N–H and O–H groups in total. The summed E-state index contributed by atoms with van der Waals surface area (Å²) in [5.74, 6) is 0. The van der Waals surface area contributed by atoms with Gasteiger partial charge in [-0.05, 0) is 13.0 Å². The monoisotopic (exact) mass is 191 g/mol. The van der Waals surface area contributed by atoms with Crippen molar-refractivity contribution in [2.24, 2.45) is 0 Å². The van der Waals surface area contributed by atoms with Gasteiger partial charge in [-0.15, -0.1) is 12.4 Å². The molecule has 0 bridgehead atoms. The van der Waals surface area contributed by atoms with E-state index in [1.165, 1.54) is 0 Å². The van der Waals surface area contributed by atoms with Gasteiger partial charge in [0.15, 0.2) is 0 Å². The fourth-order valence-corrected chi connectivity index (χ4v) is 0.532. The van der Waals surface area contributed by atoms with Crippen molar-refractivity contribution in [2.45, 2.75) is 25.9 Å². The van der Waals surface area contributed by atoms with Gasteiger partial charge in [0.05, 0.1) is 6.42 Å². The lowest BCUT2D eigenvalue weighted by atomic mass is 10.4. The zero-order chi connectivity index (χ0) is 8.04. The summed E-state index contributed by atoms with van der Waals surface area (Å²) in [7, 11) is 0. The molecule has 0 aliphatic heterocycles. The van der Waals surface area contributed by atoms with Crippen molar-refractivity contribution in [2.75, 3.05) is 13.1 Å². The van der Waals surface area contributed by atoms with Crippen LogP contribution in [0.1, 0.15) is 19.8 Å². The molecule has 0 rings (SSSR count). The summed E-state index contributed by atoms with van der Waals surface area (Å²) in [6.07, 6.45) is -3.87. The van der Waals surface area contributed by atoms with E-state index in [0.717, 1.165) is 6.42 Å². The van der Waals surface area contributed by atoms with E-state index < -0.39 is 12.6 Å². The summed E-state index contributed by atoms with van der Waals surface area (Å²) in [5, 5.41) is 2.67. The van der Waals surface area contributed by atoms with Gasteiger partial charge in [-0.2, -0.15) is 13.2 Å². The van der Waals surface area contributed by atoms with Crippen molar-refractivity contribution in [3.63, 3.8) is 0 Å². The molecule has 70 valence electrons. The van der Waals surface area contributed by atoms with Crippen LogP contribution in [0.4, 0.5) is 13.2 Å². The third-order valence-electron chi connectivity index (χ3n) is 1.01. The fraction of sp³-hybridized carbons (Fsp3) is 1.00. The zero-order valence-electron chi connectivity index (χ0n) is 6.37. The Morgan fingerprint density at radius 3 is 2.09 bits per heavy atom. The molecule has 0 fully saturated rings. The third kappa shape index (κ3) is 13.1. The summed E-state index contributed by atoms with van der Waals surface area (Å²) in [6, 6.07) is 0. The van der Waals surface area contributed by atoms with Gasteiger partial charge in [0.1, 0.15) is 0 Å². The van der Waals surface area contributed by atoms with Crippen LogP contribution in [0, 0.1) is 0 Å². The van der Waals surface area contributed by atoms with Gasteiger partial charge in [0, 0.05) is 6.54 Å². The second-order valence-electron chi connectivity index (χ2n) is 2.12. The van der Waals surface area contributed by atoms with Gasteiger partial charge >= 0.3 is 6.18 Å². The Bertz CT molecular complexity index is 84.4. The maximum Gasteiger partial charge on any atom is 0.390 e. The Morgan fingerprint density at radius 1 is 1.18 bits per heavy atom. The van der Waals surface area contributed by atoms with E-state index >= 15 is 0 Å². The average molecular weight is 192 g/mol. The largest absolute Gasteiger partial charge is 0.390 e. The first-order valence-electron chi connectivity index (χ1n) is 3.33. The molecule has 0 saturated heterocycles. The highest BCUT2D eigenvalue weighted by Crippen LogP contribution is 2.17. The molecule has 5 heteroatoms. The maximum absolute atomic E-state index is 11.4. The smallest absolute Gasteiger partial charge is 0.316 e. The van der Waals surface area contributed by atoms with Crippen LogP contribution in [0.2, 0.25) is 0 Å².